The van der Waals surface area contributed by atoms with Gasteiger partial charge in [-0.25, -0.2) is 14.2 Å². The van der Waals surface area contributed by atoms with E-state index in [1.165, 1.54) is 6.07 Å². The van der Waals surface area contributed by atoms with E-state index < -0.39 is 30.8 Å². The minimum absolute atomic E-state index is 0.0230. The Balaban J connectivity index is 0.00000147. The van der Waals surface area contributed by atoms with Crippen LogP contribution in [0, 0.1) is 18.7 Å². The van der Waals surface area contributed by atoms with Crippen molar-refractivity contribution in [2.45, 2.75) is 52.7 Å². The first-order chi connectivity index (χ1) is 19.6. The Labute approximate surface area is 244 Å². The van der Waals surface area contributed by atoms with E-state index in [2.05, 4.69) is 25.9 Å². The number of carbonyl (C=O) groups is 3. The molecule has 1 aromatic carbocycles. The number of carboxylic acid groups (broad SMARTS) is 1. The molecule has 1 aliphatic heterocycles. The number of aromatic nitrogens is 3. The molecule has 41 heavy (non-hydrogen) atoms. The first-order valence-corrected chi connectivity index (χ1v) is 13.5. The lowest BCUT2D eigenvalue weighted by Crippen LogP contribution is -2.22. The SMILES string of the molecule is Cc1cnc2n1-c1cc(Br)c(F)cc1C(c1ccccn1)=N[C@H]2CCC(=O)OCOC(=O)OC(C)C(C)C.O=CO. The minimum atomic E-state index is -0.902. The second-order valence-electron chi connectivity index (χ2n) is 9.32. The highest BCUT2D eigenvalue weighted by atomic mass is 79.9. The van der Waals surface area contributed by atoms with Crippen LogP contribution in [0.1, 0.15) is 62.4 Å². The molecule has 1 aliphatic rings. The molecule has 0 fully saturated rings. The Morgan fingerprint density at radius 3 is 2.59 bits per heavy atom. The Bertz CT molecular complexity index is 1410. The van der Waals surface area contributed by atoms with Gasteiger partial charge in [0.05, 0.1) is 21.6 Å². The second-order valence-corrected chi connectivity index (χ2v) is 10.2. The van der Waals surface area contributed by atoms with Crippen molar-refractivity contribution >= 4 is 40.2 Å². The van der Waals surface area contributed by atoms with E-state index in [1.54, 1.807) is 37.5 Å². The number of esters is 1. The first kappa shape index (κ1) is 31.4. The largest absolute Gasteiger partial charge is 0.511 e. The molecule has 0 bridgehead atoms. The highest BCUT2D eigenvalue weighted by molar-refractivity contribution is 9.10. The maximum absolute atomic E-state index is 14.7. The Kier molecular flexibility index (Phi) is 11.1. The molecule has 0 saturated heterocycles. The summed E-state index contributed by atoms with van der Waals surface area (Å²) in [5, 5.41) is 6.89. The number of imidazole rings is 1. The van der Waals surface area contributed by atoms with E-state index in [0.29, 0.717) is 33.0 Å². The molecule has 0 amide bonds. The van der Waals surface area contributed by atoms with Crippen LogP contribution in [0.25, 0.3) is 5.69 Å². The zero-order valence-corrected chi connectivity index (χ0v) is 24.5. The summed E-state index contributed by atoms with van der Waals surface area (Å²) in [6.07, 6.45) is 2.34. The van der Waals surface area contributed by atoms with Gasteiger partial charge in [-0.15, -0.1) is 0 Å². The van der Waals surface area contributed by atoms with Crippen molar-refractivity contribution < 1.29 is 38.1 Å². The quantitative estimate of drug-likeness (QED) is 0.192. The predicted octanol–water partition coefficient (Wildman–Crippen LogP) is 5.55. The smallest absolute Gasteiger partial charge is 0.483 e. The molecule has 3 heterocycles. The molecule has 0 spiro atoms. The zero-order chi connectivity index (χ0) is 30.1. The van der Waals surface area contributed by atoms with Gasteiger partial charge in [0.1, 0.15) is 23.8 Å². The molecule has 0 saturated carbocycles. The average Bonchev–Trinajstić information content (AvgIpc) is 3.25. The number of carbonyl (C=O) groups excluding carboxylic acids is 2. The lowest BCUT2D eigenvalue weighted by Gasteiger charge is -2.16. The third-order valence-corrected chi connectivity index (χ3v) is 6.84. The van der Waals surface area contributed by atoms with Crippen molar-refractivity contribution in [2.24, 2.45) is 10.9 Å². The van der Waals surface area contributed by atoms with E-state index in [1.807, 2.05) is 31.4 Å². The molecule has 11 nitrogen and oxygen atoms in total. The summed E-state index contributed by atoms with van der Waals surface area (Å²) in [7, 11) is 0. The summed E-state index contributed by atoms with van der Waals surface area (Å²) in [5.74, 6) is -0.283. The number of nitrogens with zero attached hydrogens (tertiary/aromatic N) is 4. The van der Waals surface area contributed by atoms with E-state index >= 15 is 0 Å². The number of aliphatic imine (C=N–C) groups is 1. The van der Waals surface area contributed by atoms with Crippen LogP contribution in [-0.2, 0) is 23.8 Å². The highest BCUT2D eigenvalue weighted by Gasteiger charge is 2.29. The number of aryl methyl sites for hydroxylation is 1. The summed E-state index contributed by atoms with van der Waals surface area (Å²) in [6.45, 7) is 6.66. The van der Waals surface area contributed by atoms with E-state index in [0.717, 1.165) is 5.69 Å². The molecule has 2 atom stereocenters. The number of hydrogen-bond donors (Lipinski definition) is 1. The van der Waals surface area contributed by atoms with Gasteiger partial charge in [0, 0.05) is 30.1 Å². The molecule has 4 rings (SSSR count). The molecule has 1 unspecified atom stereocenters. The van der Waals surface area contributed by atoms with Crippen LogP contribution in [0.5, 0.6) is 0 Å². The number of halogens is 2. The number of ether oxygens (including phenoxy) is 3. The molecule has 1 N–H and O–H groups in total. The predicted molar refractivity (Wildman–Crippen MR) is 149 cm³/mol. The monoisotopic (exact) mass is 632 g/mol. The lowest BCUT2D eigenvalue weighted by molar-refractivity contribution is -0.154. The van der Waals surface area contributed by atoms with Crippen molar-refractivity contribution in [2.75, 3.05) is 6.79 Å². The number of rotatable bonds is 8. The van der Waals surface area contributed by atoms with Crippen LogP contribution in [0.3, 0.4) is 0 Å². The standard InChI is InChI=1S/C27H28BrFN4O5.CH2O2/c1-15(2)17(4)38-27(35)37-14-36-24(34)9-8-22-26-31-13-16(3)33(26)23-12-19(28)20(29)11-18(23)25(32-22)21-7-5-6-10-30-21;2-1-3/h5-7,10-13,15,17,22H,8-9,14H2,1-4H3;1H,(H,2,3)/t17?,22-;/m0./s1. The first-order valence-electron chi connectivity index (χ1n) is 12.7. The van der Waals surface area contributed by atoms with Gasteiger partial charge in [0.25, 0.3) is 6.47 Å². The van der Waals surface area contributed by atoms with Gasteiger partial charge in [-0.3, -0.25) is 24.1 Å². The fraction of sp³-hybridized carbons (Fsp3) is 0.357. The fourth-order valence-corrected chi connectivity index (χ4v) is 4.22. The van der Waals surface area contributed by atoms with E-state index in [-0.39, 0.29) is 31.3 Å². The van der Waals surface area contributed by atoms with Gasteiger partial charge >= 0.3 is 12.1 Å². The normalized spacial score (nSPS) is 14.3. The maximum atomic E-state index is 14.7. The van der Waals surface area contributed by atoms with Crippen LogP contribution in [-0.4, -0.2) is 56.8 Å². The van der Waals surface area contributed by atoms with E-state index in [4.69, 9.17) is 29.1 Å². The summed E-state index contributed by atoms with van der Waals surface area (Å²) in [5.41, 5.74) is 3.13. The number of hydrogen-bond acceptors (Lipinski definition) is 9. The van der Waals surface area contributed by atoms with Crippen molar-refractivity contribution in [1.29, 1.82) is 0 Å². The molecule has 218 valence electrons. The molecule has 2 aromatic heterocycles. The van der Waals surface area contributed by atoms with Gasteiger partial charge in [-0.2, -0.15) is 0 Å². The third kappa shape index (κ3) is 7.97. The van der Waals surface area contributed by atoms with Gasteiger partial charge < -0.3 is 19.3 Å². The van der Waals surface area contributed by atoms with Gasteiger partial charge in [-0.1, -0.05) is 19.9 Å². The average molecular weight is 633 g/mol. The summed E-state index contributed by atoms with van der Waals surface area (Å²) in [4.78, 5) is 46.5. The zero-order valence-electron chi connectivity index (χ0n) is 22.9. The van der Waals surface area contributed by atoms with Crippen molar-refractivity contribution in [3.05, 3.63) is 75.8 Å². The number of fused-ring (bicyclic) bond motifs is 3. The highest BCUT2D eigenvalue weighted by Crippen LogP contribution is 2.35. The number of pyridine rings is 1. The van der Waals surface area contributed by atoms with Crippen LogP contribution < -0.4 is 0 Å². The Morgan fingerprint density at radius 1 is 1.20 bits per heavy atom. The lowest BCUT2D eigenvalue weighted by atomic mass is 10.0. The van der Waals surface area contributed by atoms with Crippen molar-refractivity contribution in [1.82, 2.24) is 14.5 Å². The van der Waals surface area contributed by atoms with Gasteiger partial charge in [0.15, 0.2) is 0 Å². The molecule has 0 radical (unpaired) electrons. The van der Waals surface area contributed by atoms with Crippen LogP contribution >= 0.6 is 15.9 Å². The van der Waals surface area contributed by atoms with Crippen molar-refractivity contribution in [3.8, 4) is 5.69 Å². The minimum Gasteiger partial charge on any atom is -0.483 e. The summed E-state index contributed by atoms with van der Waals surface area (Å²) >= 11 is 3.29. The summed E-state index contributed by atoms with van der Waals surface area (Å²) in [6, 6.07) is 7.96. The Morgan fingerprint density at radius 2 is 1.93 bits per heavy atom. The van der Waals surface area contributed by atoms with Crippen LogP contribution in [0.4, 0.5) is 9.18 Å². The molecule has 13 heteroatoms. The molecular weight excluding hydrogens is 603 g/mol. The fourth-order valence-electron chi connectivity index (χ4n) is 3.89. The summed E-state index contributed by atoms with van der Waals surface area (Å²) < 4.78 is 31.9. The van der Waals surface area contributed by atoms with Crippen molar-refractivity contribution in [3.63, 3.8) is 0 Å². The second kappa shape index (κ2) is 14.5. The van der Waals surface area contributed by atoms with Gasteiger partial charge in [-0.05, 0) is 66.4 Å². The van der Waals surface area contributed by atoms with Crippen LogP contribution in [0.2, 0.25) is 0 Å². The number of benzene rings is 1. The molecule has 3 aromatic rings. The van der Waals surface area contributed by atoms with Crippen LogP contribution in [0.15, 0.2) is 52.2 Å². The molecular formula is C28H30BrFN4O7. The molecule has 0 aliphatic carbocycles. The van der Waals surface area contributed by atoms with E-state index in [9.17, 15) is 14.0 Å². The van der Waals surface area contributed by atoms with Gasteiger partial charge in [0.2, 0.25) is 6.79 Å². The third-order valence-electron chi connectivity index (χ3n) is 6.23. The maximum Gasteiger partial charge on any atom is 0.511 e. The Hall–Kier alpha value is -4.13. The topological polar surface area (TPSA) is 142 Å².